The molecule has 0 saturated carbocycles. The highest BCUT2D eigenvalue weighted by molar-refractivity contribution is 5.84. The maximum Gasteiger partial charge on any atom is 0.269 e. The van der Waals surface area contributed by atoms with Crippen LogP contribution in [0, 0.1) is 20.2 Å². The Kier molecular flexibility index (Phi) is 9.05. The van der Waals surface area contributed by atoms with Crippen molar-refractivity contribution in [2.24, 2.45) is 9.98 Å². The SMILES string of the molecule is O=C(CCCCC(=O)N=c1oc2ccccc2cc1-c1ccc([N+](=O)[O-])cc1)N=c1oc2ccccc2cc1-c1ccc([N+](=O)[O-])cc1. The van der Waals surface area contributed by atoms with Crippen LogP contribution in [-0.4, -0.2) is 21.7 Å². The quantitative estimate of drug-likeness (QED) is 0.0889. The largest absolute Gasteiger partial charge is 0.438 e. The van der Waals surface area contributed by atoms with E-state index in [9.17, 15) is 29.8 Å². The van der Waals surface area contributed by atoms with E-state index in [-0.39, 0.29) is 35.3 Å². The van der Waals surface area contributed by atoms with Gasteiger partial charge in [-0.2, -0.15) is 9.98 Å². The number of amides is 2. The number of non-ortho nitro benzene ring substituents is 2. The van der Waals surface area contributed by atoms with Crippen LogP contribution in [-0.2, 0) is 9.59 Å². The molecule has 238 valence electrons. The van der Waals surface area contributed by atoms with Crippen molar-refractivity contribution in [3.05, 3.63) is 141 Å². The minimum Gasteiger partial charge on any atom is -0.438 e. The minimum atomic E-state index is -0.490. The molecule has 0 aliphatic carbocycles. The van der Waals surface area contributed by atoms with E-state index < -0.39 is 21.7 Å². The van der Waals surface area contributed by atoms with Gasteiger partial charge in [0.2, 0.25) is 22.9 Å². The van der Waals surface area contributed by atoms with Crippen molar-refractivity contribution in [2.45, 2.75) is 25.7 Å². The number of nitrogens with zero attached hydrogens (tertiary/aromatic N) is 4. The Balaban J connectivity index is 1.18. The third kappa shape index (κ3) is 7.12. The first-order chi connectivity index (χ1) is 23.2. The number of nitro benzene ring substituents is 2. The average molecular weight is 643 g/mol. The third-order valence-electron chi connectivity index (χ3n) is 7.57. The van der Waals surface area contributed by atoms with Gasteiger partial charge in [0.25, 0.3) is 11.4 Å². The maximum atomic E-state index is 12.9. The predicted molar refractivity (Wildman–Crippen MR) is 176 cm³/mol. The second-order valence-corrected chi connectivity index (χ2v) is 10.8. The molecule has 2 amide bonds. The summed E-state index contributed by atoms with van der Waals surface area (Å²) in [7, 11) is 0. The Morgan fingerprint density at radius 1 is 0.562 bits per heavy atom. The lowest BCUT2D eigenvalue weighted by atomic mass is 10.1. The van der Waals surface area contributed by atoms with Gasteiger partial charge in [0, 0.05) is 59.0 Å². The van der Waals surface area contributed by atoms with Crippen LogP contribution in [0.15, 0.2) is 128 Å². The molecule has 0 fully saturated rings. The van der Waals surface area contributed by atoms with Gasteiger partial charge in [0.1, 0.15) is 11.2 Å². The number of carbonyl (C=O) groups is 2. The van der Waals surface area contributed by atoms with Gasteiger partial charge >= 0.3 is 0 Å². The van der Waals surface area contributed by atoms with Crippen LogP contribution in [0.5, 0.6) is 0 Å². The summed E-state index contributed by atoms with van der Waals surface area (Å²) in [5.74, 6) is -0.905. The summed E-state index contributed by atoms with van der Waals surface area (Å²) in [5, 5.41) is 23.8. The lowest BCUT2D eigenvalue weighted by Crippen LogP contribution is -2.11. The summed E-state index contributed by atoms with van der Waals surface area (Å²) >= 11 is 0. The second kappa shape index (κ2) is 13.8. The van der Waals surface area contributed by atoms with Gasteiger partial charge in [-0.05, 0) is 72.5 Å². The topological polar surface area (TPSA) is 171 Å². The number of hydrogen-bond donors (Lipinski definition) is 0. The molecule has 0 aliphatic heterocycles. The van der Waals surface area contributed by atoms with Gasteiger partial charge in [0.15, 0.2) is 0 Å². The van der Waals surface area contributed by atoms with E-state index in [2.05, 4.69) is 9.98 Å². The fourth-order valence-corrected chi connectivity index (χ4v) is 5.13. The normalized spacial score (nSPS) is 12.0. The van der Waals surface area contributed by atoms with Crippen molar-refractivity contribution < 1.29 is 28.3 Å². The number of benzene rings is 4. The van der Waals surface area contributed by atoms with E-state index in [0.29, 0.717) is 46.3 Å². The second-order valence-electron chi connectivity index (χ2n) is 10.8. The Hall–Kier alpha value is -6.56. The molecule has 0 spiro atoms. The highest BCUT2D eigenvalue weighted by Crippen LogP contribution is 2.25. The molecule has 6 aromatic rings. The highest BCUT2D eigenvalue weighted by Gasteiger charge is 2.13. The molecule has 48 heavy (non-hydrogen) atoms. The van der Waals surface area contributed by atoms with Gasteiger partial charge in [-0.15, -0.1) is 0 Å². The molecule has 0 unspecified atom stereocenters. The van der Waals surface area contributed by atoms with Crippen molar-refractivity contribution in [3.8, 4) is 22.3 Å². The number of carbonyl (C=O) groups excluding carboxylic acids is 2. The van der Waals surface area contributed by atoms with E-state index >= 15 is 0 Å². The Labute approximate surface area is 271 Å². The summed E-state index contributed by atoms with van der Waals surface area (Å²) < 4.78 is 11.9. The zero-order valence-corrected chi connectivity index (χ0v) is 25.3. The van der Waals surface area contributed by atoms with Crippen LogP contribution in [0.4, 0.5) is 11.4 Å². The highest BCUT2D eigenvalue weighted by atomic mass is 16.6. The van der Waals surface area contributed by atoms with Crippen LogP contribution in [0.3, 0.4) is 0 Å². The van der Waals surface area contributed by atoms with Crippen LogP contribution in [0.1, 0.15) is 25.7 Å². The first-order valence-corrected chi connectivity index (χ1v) is 15.0. The molecule has 12 heteroatoms. The van der Waals surface area contributed by atoms with Crippen LogP contribution in [0.25, 0.3) is 44.2 Å². The number of nitro groups is 2. The summed E-state index contributed by atoms with van der Waals surface area (Å²) in [4.78, 5) is 55.5. The molecule has 2 aromatic heterocycles. The molecule has 2 heterocycles. The van der Waals surface area contributed by atoms with E-state index in [1.807, 2.05) is 36.4 Å². The monoisotopic (exact) mass is 642 g/mol. The average Bonchev–Trinajstić information content (AvgIpc) is 3.09. The standard InChI is InChI=1S/C36H26N4O8/c41-33(37-35-29(21-25-7-1-3-9-31(25)47-35)23-13-17-27(18-14-23)39(43)44)11-5-6-12-34(42)38-36-30(22-26-8-2-4-10-32(26)48-36)24-15-19-28(20-16-24)40(45)46/h1-4,7-10,13-22H,5-6,11-12H2. The molecule has 0 atom stereocenters. The zero-order valence-electron chi connectivity index (χ0n) is 25.3. The number of hydrogen-bond acceptors (Lipinski definition) is 8. The minimum absolute atomic E-state index is 0.0454. The molecule has 0 N–H and O–H groups in total. The summed E-state index contributed by atoms with van der Waals surface area (Å²) in [6.45, 7) is 0. The summed E-state index contributed by atoms with van der Waals surface area (Å²) in [6.07, 6.45) is 0.801. The van der Waals surface area contributed by atoms with Gasteiger partial charge in [-0.1, -0.05) is 36.4 Å². The van der Waals surface area contributed by atoms with Gasteiger partial charge < -0.3 is 8.83 Å². The molecule has 6 rings (SSSR count). The Bertz CT molecular complexity index is 2170. The van der Waals surface area contributed by atoms with Crippen molar-refractivity contribution in [1.29, 1.82) is 0 Å². The third-order valence-corrected chi connectivity index (χ3v) is 7.57. The van der Waals surface area contributed by atoms with Gasteiger partial charge in [0.05, 0.1) is 9.85 Å². The fourth-order valence-electron chi connectivity index (χ4n) is 5.13. The van der Waals surface area contributed by atoms with Gasteiger partial charge in [-0.3, -0.25) is 29.8 Å². The molecule has 0 saturated heterocycles. The lowest BCUT2D eigenvalue weighted by molar-refractivity contribution is -0.385. The lowest BCUT2D eigenvalue weighted by Gasteiger charge is -2.05. The zero-order chi connectivity index (χ0) is 33.6. The first kappa shape index (κ1) is 31.4. The van der Waals surface area contributed by atoms with E-state index in [4.69, 9.17) is 8.83 Å². The van der Waals surface area contributed by atoms with E-state index in [0.717, 1.165) is 10.8 Å². The fraction of sp³-hybridized carbons (Fsp3) is 0.111. The number of unbranched alkanes of at least 4 members (excludes halogenated alkanes) is 1. The number of para-hydroxylation sites is 2. The van der Waals surface area contributed by atoms with Crippen molar-refractivity contribution >= 4 is 45.1 Å². The Morgan fingerprint density at radius 2 is 0.938 bits per heavy atom. The molecule has 0 bridgehead atoms. The molecule has 0 radical (unpaired) electrons. The van der Waals surface area contributed by atoms with Gasteiger partial charge in [-0.25, -0.2) is 0 Å². The van der Waals surface area contributed by atoms with Crippen LogP contribution >= 0.6 is 0 Å². The molecular formula is C36H26N4O8. The van der Waals surface area contributed by atoms with Crippen molar-refractivity contribution in [2.75, 3.05) is 0 Å². The molecule has 12 nitrogen and oxygen atoms in total. The molecular weight excluding hydrogens is 616 g/mol. The Morgan fingerprint density at radius 3 is 1.31 bits per heavy atom. The number of fused-ring (bicyclic) bond motifs is 2. The van der Waals surface area contributed by atoms with Crippen molar-refractivity contribution in [3.63, 3.8) is 0 Å². The maximum absolute atomic E-state index is 12.9. The molecule has 4 aromatic carbocycles. The number of rotatable bonds is 9. The summed E-state index contributed by atoms with van der Waals surface area (Å²) in [5.41, 5.74) is 3.28. The van der Waals surface area contributed by atoms with Crippen LogP contribution in [0.2, 0.25) is 0 Å². The predicted octanol–water partition coefficient (Wildman–Crippen LogP) is 7.44. The first-order valence-electron chi connectivity index (χ1n) is 15.0. The summed E-state index contributed by atoms with van der Waals surface area (Å²) in [6, 6.07) is 29.9. The van der Waals surface area contributed by atoms with E-state index in [1.54, 1.807) is 48.5 Å². The van der Waals surface area contributed by atoms with Crippen molar-refractivity contribution in [1.82, 2.24) is 0 Å². The smallest absolute Gasteiger partial charge is 0.269 e. The molecule has 0 aliphatic rings. The van der Waals surface area contributed by atoms with E-state index in [1.165, 1.54) is 24.3 Å². The van der Waals surface area contributed by atoms with Crippen LogP contribution < -0.4 is 11.1 Å².